The number of imidazole rings is 1. The van der Waals surface area contributed by atoms with Crippen LogP contribution in [0.4, 0.5) is 4.39 Å². The number of hydrogen-bond donors (Lipinski definition) is 0. The molecule has 0 aliphatic carbocycles. The van der Waals surface area contributed by atoms with Gasteiger partial charge in [-0.15, -0.1) is 0 Å². The molecule has 0 saturated carbocycles. The van der Waals surface area contributed by atoms with Gasteiger partial charge in [0.1, 0.15) is 5.52 Å². The number of benzene rings is 1. The van der Waals surface area contributed by atoms with E-state index in [-0.39, 0.29) is 16.6 Å². The molecule has 15 heavy (non-hydrogen) atoms. The minimum absolute atomic E-state index is 0.204. The number of ketones is 1. The third kappa shape index (κ3) is 1.51. The number of nitrogens with zero attached hydrogens (tertiary/aromatic N) is 2. The van der Waals surface area contributed by atoms with Crippen LogP contribution in [0, 0.1) is 5.82 Å². The molecule has 0 radical (unpaired) electrons. The molecule has 2 aromatic rings. The van der Waals surface area contributed by atoms with Gasteiger partial charge in [0.2, 0.25) is 0 Å². The fraction of sp³-hybridized carbons (Fsp3) is 0.200. The number of aromatic nitrogens is 2. The van der Waals surface area contributed by atoms with E-state index in [9.17, 15) is 9.18 Å². The standard InChI is InChI=1S/C10H8ClFN2O/c1-5(15)10-13-8-4-6(11)3-7(12)9(8)14(10)2/h3-4H,1-2H3. The molecule has 1 aromatic heterocycles. The summed E-state index contributed by atoms with van der Waals surface area (Å²) in [4.78, 5) is 15.2. The predicted molar refractivity (Wildman–Crippen MR) is 55.7 cm³/mol. The maximum Gasteiger partial charge on any atom is 0.195 e. The first-order valence-corrected chi connectivity index (χ1v) is 4.71. The van der Waals surface area contributed by atoms with Crippen LogP contribution >= 0.6 is 11.6 Å². The fourth-order valence-corrected chi connectivity index (χ4v) is 1.78. The smallest absolute Gasteiger partial charge is 0.195 e. The van der Waals surface area contributed by atoms with Gasteiger partial charge in [0, 0.05) is 19.0 Å². The molecule has 3 nitrogen and oxygen atoms in total. The Morgan fingerprint density at radius 3 is 2.80 bits per heavy atom. The number of Topliss-reactive ketones (excluding diaryl/α,β-unsaturated/α-hetero) is 1. The minimum atomic E-state index is -0.472. The van der Waals surface area contributed by atoms with Gasteiger partial charge in [0.05, 0.1) is 5.52 Å². The third-order valence-electron chi connectivity index (χ3n) is 2.20. The van der Waals surface area contributed by atoms with Crippen LogP contribution in [0.2, 0.25) is 5.02 Å². The highest BCUT2D eigenvalue weighted by atomic mass is 35.5. The zero-order chi connectivity index (χ0) is 11.2. The average Bonchev–Trinajstić information content (AvgIpc) is 2.42. The first-order chi connectivity index (χ1) is 7.00. The second-order valence-corrected chi connectivity index (χ2v) is 3.74. The predicted octanol–water partition coefficient (Wildman–Crippen LogP) is 2.57. The molecule has 0 aliphatic rings. The van der Waals surface area contributed by atoms with Gasteiger partial charge in [-0.3, -0.25) is 4.79 Å². The van der Waals surface area contributed by atoms with Crippen LogP contribution in [0.3, 0.4) is 0 Å². The molecule has 1 aromatic carbocycles. The van der Waals surface area contributed by atoms with Crippen LogP contribution < -0.4 is 0 Å². The molecule has 0 spiro atoms. The zero-order valence-corrected chi connectivity index (χ0v) is 8.97. The molecule has 5 heteroatoms. The number of rotatable bonds is 1. The van der Waals surface area contributed by atoms with Gasteiger partial charge in [-0.1, -0.05) is 11.6 Å². The van der Waals surface area contributed by atoms with Crippen molar-refractivity contribution >= 4 is 28.4 Å². The summed E-state index contributed by atoms with van der Waals surface area (Å²) >= 11 is 5.69. The van der Waals surface area contributed by atoms with Gasteiger partial charge in [-0.05, 0) is 12.1 Å². The lowest BCUT2D eigenvalue weighted by Gasteiger charge is -1.99. The van der Waals surface area contributed by atoms with Crippen LogP contribution in [0.25, 0.3) is 11.0 Å². The second-order valence-electron chi connectivity index (χ2n) is 3.31. The SMILES string of the molecule is CC(=O)c1nc2cc(Cl)cc(F)c2n1C. The van der Waals surface area contributed by atoms with Gasteiger partial charge < -0.3 is 4.57 Å². The molecule has 0 amide bonds. The van der Waals surface area contributed by atoms with Gasteiger partial charge in [0.15, 0.2) is 17.4 Å². The molecule has 0 unspecified atom stereocenters. The van der Waals surface area contributed by atoms with E-state index in [4.69, 9.17) is 11.6 Å². The summed E-state index contributed by atoms with van der Waals surface area (Å²) in [6, 6.07) is 2.74. The molecule has 0 aliphatic heterocycles. The first kappa shape index (κ1) is 10.1. The third-order valence-corrected chi connectivity index (χ3v) is 2.42. The molecule has 0 bridgehead atoms. The molecule has 2 rings (SSSR count). The maximum absolute atomic E-state index is 13.5. The Morgan fingerprint density at radius 1 is 1.53 bits per heavy atom. The minimum Gasteiger partial charge on any atom is -0.322 e. The average molecular weight is 227 g/mol. The summed E-state index contributed by atoms with van der Waals surface area (Å²) in [7, 11) is 1.60. The van der Waals surface area contributed by atoms with E-state index in [2.05, 4.69) is 4.98 Å². The highest BCUT2D eigenvalue weighted by molar-refractivity contribution is 6.31. The lowest BCUT2D eigenvalue weighted by atomic mass is 10.3. The van der Waals surface area contributed by atoms with Crippen molar-refractivity contribution in [3.63, 3.8) is 0 Å². The van der Waals surface area contributed by atoms with E-state index < -0.39 is 5.82 Å². The maximum atomic E-state index is 13.5. The molecular weight excluding hydrogens is 219 g/mol. The summed E-state index contributed by atoms with van der Waals surface area (Å²) in [6.07, 6.45) is 0. The van der Waals surface area contributed by atoms with Crippen LogP contribution in [0.1, 0.15) is 17.5 Å². The van der Waals surface area contributed by atoms with Crippen molar-refractivity contribution in [2.24, 2.45) is 7.05 Å². The molecule has 0 saturated heterocycles. The molecule has 1 heterocycles. The Kier molecular flexibility index (Phi) is 2.23. The van der Waals surface area contributed by atoms with Crippen LogP contribution in [-0.2, 0) is 7.05 Å². The lowest BCUT2D eigenvalue weighted by molar-refractivity contribution is 0.100. The molecular formula is C10H8ClFN2O. The van der Waals surface area contributed by atoms with Crippen LogP contribution in [0.5, 0.6) is 0 Å². The second kappa shape index (κ2) is 3.31. The number of fused-ring (bicyclic) bond motifs is 1. The number of hydrogen-bond acceptors (Lipinski definition) is 2. The lowest BCUT2D eigenvalue weighted by Crippen LogP contribution is -2.03. The highest BCUT2D eigenvalue weighted by Crippen LogP contribution is 2.23. The normalized spacial score (nSPS) is 10.9. The van der Waals surface area contributed by atoms with Gasteiger partial charge in [-0.25, -0.2) is 9.37 Å². The van der Waals surface area contributed by atoms with E-state index in [1.807, 2.05) is 0 Å². The number of aryl methyl sites for hydroxylation is 1. The Hall–Kier alpha value is -1.42. The summed E-state index contributed by atoms with van der Waals surface area (Å²) in [5, 5.41) is 0.271. The fourth-order valence-electron chi connectivity index (χ4n) is 1.58. The van der Waals surface area contributed by atoms with Gasteiger partial charge >= 0.3 is 0 Å². The van der Waals surface area contributed by atoms with Gasteiger partial charge in [-0.2, -0.15) is 0 Å². The first-order valence-electron chi connectivity index (χ1n) is 4.33. The number of carbonyl (C=O) groups excluding carboxylic acids is 1. The largest absolute Gasteiger partial charge is 0.322 e. The van der Waals surface area contributed by atoms with Crippen molar-refractivity contribution < 1.29 is 9.18 Å². The Morgan fingerprint density at radius 2 is 2.20 bits per heavy atom. The Bertz CT molecular complexity index is 562. The van der Waals surface area contributed by atoms with Crippen molar-refractivity contribution in [1.29, 1.82) is 0 Å². The molecule has 78 valence electrons. The number of carbonyl (C=O) groups is 1. The van der Waals surface area contributed by atoms with Crippen molar-refractivity contribution in [3.8, 4) is 0 Å². The quantitative estimate of drug-likeness (QED) is 0.701. The summed E-state index contributed by atoms with van der Waals surface area (Å²) in [5.74, 6) is -0.449. The summed E-state index contributed by atoms with van der Waals surface area (Å²) in [6.45, 7) is 1.39. The Labute approximate surface area is 90.5 Å². The van der Waals surface area contributed by atoms with Crippen molar-refractivity contribution in [2.75, 3.05) is 0 Å². The van der Waals surface area contributed by atoms with E-state index >= 15 is 0 Å². The Balaban J connectivity index is 2.88. The van der Waals surface area contributed by atoms with Crippen molar-refractivity contribution in [2.45, 2.75) is 6.92 Å². The number of halogens is 2. The molecule has 0 fully saturated rings. The molecule has 0 atom stereocenters. The van der Waals surface area contributed by atoms with Crippen molar-refractivity contribution in [3.05, 3.63) is 28.8 Å². The van der Waals surface area contributed by atoms with Crippen LogP contribution in [-0.4, -0.2) is 15.3 Å². The van der Waals surface area contributed by atoms with E-state index in [1.54, 1.807) is 7.05 Å². The van der Waals surface area contributed by atoms with Crippen LogP contribution in [0.15, 0.2) is 12.1 Å². The van der Waals surface area contributed by atoms with E-state index in [1.165, 1.54) is 23.6 Å². The van der Waals surface area contributed by atoms with E-state index in [0.717, 1.165) is 0 Å². The summed E-state index contributed by atoms with van der Waals surface area (Å²) < 4.78 is 15.0. The highest BCUT2D eigenvalue weighted by Gasteiger charge is 2.15. The summed E-state index contributed by atoms with van der Waals surface area (Å²) in [5.41, 5.74) is 0.692. The topological polar surface area (TPSA) is 34.9 Å². The van der Waals surface area contributed by atoms with E-state index in [0.29, 0.717) is 11.0 Å². The monoisotopic (exact) mass is 226 g/mol. The van der Waals surface area contributed by atoms with Gasteiger partial charge in [0.25, 0.3) is 0 Å². The zero-order valence-electron chi connectivity index (χ0n) is 8.21. The molecule has 0 N–H and O–H groups in total. The van der Waals surface area contributed by atoms with Crippen molar-refractivity contribution in [1.82, 2.24) is 9.55 Å².